The van der Waals surface area contributed by atoms with Crippen LogP contribution in [-0.2, 0) is 10.0 Å². The van der Waals surface area contributed by atoms with E-state index in [-0.39, 0.29) is 16.6 Å². The molecule has 2 aliphatic heterocycles. The maximum Gasteiger partial charge on any atom is 0.270 e. The Bertz CT molecular complexity index is 1050. The lowest BCUT2D eigenvalue weighted by Crippen LogP contribution is -2.31. The van der Waals surface area contributed by atoms with E-state index in [9.17, 15) is 18.5 Å². The SMILES string of the molecule is Cc1ccc([N+](=O)[O-])cc1S(=O)(=O)N1CCCC1c1ccc2c(c1)OCCCO2. The molecule has 0 aromatic heterocycles. The van der Waals surface area contributed by atoms with Gasteiger partial charge in [-0.3, -0.25) is 10.1 Å². The highest BCUT2D eigenvalue weighted by Crippen LogP contribution is 2.41. The number of hydrogen-bond donors (Lipinski definition) is 0. The third-order valence-corrected chi connectivity index (χ3v) is 7.38. The molecule has 4 rings (SSSR count). The normalized spacial score (nSPS) is 19.7. The molecule has 1 fully saturated rings. The van der Waals surface area contributed by atoms with Gasteiger partial charge in [-0.05, 0) is 43.0 Å². The molecule has 2 aromatic carbocycles. The molecular weight excluding hydrogens is 396 g/mol. The van der Waals surface area contributed by atoms with E-state index in [0.29, 0.717) is 49.7 Å². The minimum Gasteiger partial charge on any atom is -0.490 e. The monoisotopic (exact) mass is 418 g/mol. The van der Waals surface area contributed by atoms with Crippen LogP contribution in [0.1, 0.15) is 36.4 Å². The fraction of sp³-hybridized carbons (Fsp3) is 0.400. The molecule has 1 unspecified atom stereocenters. The van der Waals surface area contributed by atoms with Crippen LogP contribution in [0.4, 0.5) is 5.69 Å². The molecule has 9 heteroatoms. The number of ether oxygens (including phenoxy) is 2. The summed E-state index contributed by atoms with van der Waals surface area (Å²) in [7, 11) is -3.89. The van der Waals surface area contributed by atoms with Crippen molar-refractivity contribution in [3.8, 4) is 11.5 Å². The topological polar surface area (TPSA) is 99.0 Å². The van der Waals surface area contributed by atoms with E-state index < -0.39 is 14.9 Å². The van der Waals surface area contributed by atoms with E-state index in [2.05, 4.69) is 0 Å². The second-order valence-electron chi connectivity index (χ2n) is 7.24. The van der Waals surface area contributed by atoms with Gasteiger partial charge in [-0.1, -0.05) is 12.1 Å². The number of fused-ring (bicyclic) bond motifs is 1. The number of nitrogens with zero attached hydrogens (tertiary/aromatic N) is 2. The lowest BCUT2D eigenvalue weighted by molar-refractivity contribution is -0.385. The predicted molar refractivity (Wildman–Crippen MR) is 106 cm³/mol. The van der Waals surface area contributed by atoms with E-state index in [4.69, 9.17) is 9.47 Å². The molecule has 0 radical (unpaired) electrons. The average molecular weight is 418 g/mol. The van der Waals surface area contributed by atoms with Gasteiger partial charge in [0.25, 0.3) is 5.69 Å². The molecule has 0 saturated carbocycles. The standard InChI is InChI=1S/C20H22N2O6S/c1-14-5-7-16(22(23)24)13-20(14)29(25,26)21-9-2-4-17(21)15-6-8-18-19(12-15)28-11-3-10-27-18/h5-8,12-13,17H,2-4,9-11H2,1H3. The maximum absolute atomic E-state index is 13.4. The molecule has 2 aromatic rings. The first-order valence-corrected chi connectivity index (χ1v) is 11.0. The molecule has 0 spiro atoms. The molecular formula is C20H22N2O6S. The van der Waals surface area contributed by atoms with Crippen molar-refractivity contribution in [2.24, 2.45) is 0 Å². The van der Waals surface area contributed by atoms with Gasteiger partial charge in [0.2, 0.25) is 10.0 Å². The van der Waals surface area contributed by atoms with Gasteiger partial charge in [-0.15, -0.1) is 0 Å². The second-order valence-corrected chi connectivity index (χ2v) is 9.10. The minimum absolute atomic E-state index is 0.0204. The van der Waals surface area contributed by atoms with Crippen LogP contribution in [0.25, 0.3) is 0 Å². The fourth-order valence-electron chi connectivity index (χ4n) is 3.85. The Morgan fingerprint density at radius 2 is 1.83 bits per heavy atom. The number of nitro benzene ring substituents is 1. The highest BCUT2D eigenvalue weighted by atomic mass is 32.2. The van der Waals surface area contributed by atoms with Gasteiger partial charge in [0, 0.05) is 25.1 Å². The van der Waals surface area contributed by atoms with Crippen molar-refractivity contribution in [2.75, 3.05) is 19.8 Å². The summed E-state index contributed by atoms with van der Waals surface area (Å²) in [6.45, 7) is 3.15. The zero-order valence-electron chi connectivity index (χ0n) is 16.0. The first-order chi connectivity index (χ1) is 13.9. The summed E-state index contributed by atoms with van der Waals surface area (Å²) in [5, 5.41) is 11.1. The Kier molecular flexibility index (Phi) is 5.18. The van der Waals surface area contributed by atoms with Gasteiger partial charge >= 0.3 is 0 Å². The quantitative estimate of drug-likeness (QED) is 0.556. The fourth-order valence-corrected chi connectivity index (χ4v) is 5.78. The smallest absolute Gasteiger partial charge is 0.270 e. The molecule has 8 nitrogen and oxygen atoms in total. The van der Waals surface area contributed by atoms with Crippen molar-refractivity contribution in [1.82, 2.24) is 4.31 Å². The van der Waals surface area contributed by atoms with Crippen LogP contribution in [0.3, 0.4) is 0 Å². The Morgan fingerprint density at radius 1 is 1.07 bits per heavy atom. The third-order valence-electron chi connectivity index (χ3n) is 5.33. The number of hydrogen-bond acceptors (Lipinski definition) is 6. The Hall–Kier alpha value is -2.65. The van der Waals surface area contributed by atoms with Crippen LogP contribution in [0.15, 0.2) is 41.3 Å². The predicted octanol–water partition coefficient (Wildman–Crippen LogP) is 3.59. The molecule has 29 heavy (non-hydrogen) atoms. The zero-order valence-corrected chi connectivity index (χ0v) is 16.9. The number of non-ortho nitro benzene ring substituents is 1. The Morgan fingerprint density at radius 3 is 2.59 bits per heavy atom. The largest absolute Gasteiger partial charge is 0.490 e. The van der Waals surface area contributed by atoms with Crippen molar-refractivity contribution >= 4 is 15.7 Å². The molecule has 0 N–H and O–H groups in total. The molecule has 2 heterocycles. The Labute approximate surface area is 169 Å². The molecule has 0 bridgehead atoms. The summed E-state index contributed by atoms with van der Waals surface area (Å²) in [5.41, 5.74) is 1.08. The first-order valence-electron chi connectivity index (χ1n) is 9.54. The molecule has 1 atom stereocenters. The van der Waals surface area contributed by atoms with E-state index in [0.717, 1.165) is 18.1 Å². The number of rotatable bonds is 4. The van der Waals surface area contributed by atoms with E-state index in [1.807, 2.05) is 18.2 Å². The van der Waals surface area contributed by atoms with E-state index in [1.165, 1.54) is 16.4 Å². The third kappa shape index (κ3) is 3.67. The number of nitro groups is 1. The second kappa shape index (κ2) is 7.64. The van der Waals surface area contributed by atoms with Gasteiger partial charge < -0.3 is 9.47 Å². The summed E-state index contributed by atoms with van der Waals surface area (Å²) >= 11 is 0. The van der Waals surface area contributed by atoms with Gasteiger partial charge in [0.05, 0.1) is 29.1 Å². The van der Waals surface area contributed by atoms with Gasteiger partial charge in [0.1, 0.15) is 0 Å². The van der Waals surface area contributed by atoms with Crippen molar-refractivity contribution < 1.29 is 22.8 Å². The Balaban J connectivity index is 1.71. The molecule has 1 saturated heterocycles. The molecule has 154 valence electrons. The lowest BCUT2D eigenvalue weighted by atomic mass is 10.0. The van der Waals surface area contributed by atoms with Crippen molar-refractivity contribution in [1.29, 1.82) is 0 Å². The summed E-state index contributed by atoms with van der Waals surface area (Å²) in [6, 6.07) is 9.12. The van der Waals surface area contributed by atoms with Crippen LogP contribution in [0.2, 0.25) is 0 Å². The van der Waals surface area contributed by atoms with E-state index >= 15 is 0 Å². The molecule has 0 amide bonds. The van der Waals surface area contributed by atoms with E-state index in [1.54, 1.807) is 6.92 Å². The molecule has 2 aliphatic rings. The average Bonchev–Trinajstić information content (AvgIpc) is 3.08. The summed E-state index contributed by atoms with van der Waals surface area (Å²) in [6.07, 6.45) is 2.18. The number of benzene rings is 2. The van der Waals surface area contributed by atoms with Crippen LogP contribution >= 0.6 is 0 Å². The highest BCUT2D eigenvalue weighted by Gasteiger charge is 2.38. The maximum atomic E-state index is 13.4. The van der Waals surface area contributed by atoms with Gasteiger partial charge in [0.15, 0.2) is 11.5 Å². The van der Waals surface area contributed by atoms with Gasteiger partial charge in [-0.2, -0.15) is 4.31 Å². The highest BCUT2D eigenvalue weighted by molar-refractivity contribution is 7.89. The molecule has 0 aliphatic carbocycles. The zero-order chi connectivity index (χ0) is 20.6. The van der Waals surface area contributed by atoms with Crippen LogP contribution in [-0.4, -0.2) is 37.4 Å². The summed E-state index contributed by atoms with van der Waals surface area (Å²) in [5.74, 6) is 1.28. The number of aryl methyl sites for hydroxylation is 1. The summed E-state index contributed by atoms with van der Waals surface area (Å²) in [4.78, 5) is 10.5. The van der Waals surface area contributed by atoms with Crippen LogP contribution in [0.5, 0.6) is 11.5 Å². The van der Waals surface area contributed by atoms with Gasteiger partial charge in [-0.25, -0.2) is 8.42 Å². The minimum atomic E-state index is -3.89. The van der Waals surface area contributed by atoms with Crippen LogP contribution < -0.4 is 9.47 Å². The van der Waals surface area contributed by atoms with Crippen molar-refractivity contribution in [3.05, 3.63) is 57.6 Å². The summed E-state index contributed by atoms with van der Waals surface area (Å²) < 4.78 is 39.7. The lowest BCUT2D eigenvalue weighted by Gasteiger charge is -2.25. The number of sulfonamides is 1. The van der Waals surface area contributed by atoms with Crippen LogP contribution in [0, 0.1) is 17.0 Å². The van der Waals surface area contributed by atoms with Crippen molar-refractivity contribution in [3.63, 3.8) is 0 Å². The van der Waals surface area contributed by atoms with Crippen molar-refractivity contribution in [2.45, 2.75) is 37.1 Å². The first kappa shape index (κ1) is 19.7.